The summed E-state index contributed by atoms with van der Waals surface area (Å²) < 4.78 is 0. The fourth-order valence-electron chi connectivity index (χ4n) is 3.89. The number of aryl methyl sites for hydroxylation is 1. The number of nitrogens with one attached hydrogen (secondary N) is 3. The first-order chi connectivity index (χ1) is 13.0. The Morgan fingerprint density at radius 3 is 2.48 bits per heavy atom. The van der Waals surface area contributed by atoms with Crippen LogP contribution in [0.1, 0.15) is 29.7 Å². The van der Waals surface area contributed by atoms with Gasteiger partial charge in [0.05, 0.1) is 0 Å². The summed E-state index contributed by atoms with van der Waals surface area (Å²) in [6.45, 7) is 11.0. The standard InChI is InChI=1S/C22H28ClN3O/c1-16-7-6-10-21(17(16)2)24-22(27)15-25-11-13-26(14-12-25)18(3)19-8-4-5-9-20(19)23/h4-10,18H,11-15H2,1-3H3,(H,24,27)/p+2/t18-/m1/s1. The third-order valence-corrected chi connectivity index (χ3v) is 6.22. The van der Waals surface area contributed by atoms with Crippen molar-refractivity contribution in [3.63, 3.8) is 0 Å². The van der Waals surface area contributed by atoms with Crippen LogP contribution >= 0.6 is 11.6 Å². The van der Waals surface area contributed by atoms with Crippen LogP contribution in [0.2, 0.25) is 5.02 Å². The van der Waals surface area contributed by atoms with Gasteiger partial charge in [-0.3, -0.25) is 4.79 Å². The molecule has 3 rings (SSSR count). The minimum Gasteiger partial charge on any atom is -0.321 e. The topological polar surface area (TPSA) is 38.0 Å². The Balaban J connectivity index is 1.51. The summed E-state index contributed by atoms with van der Waals surface area (Å²) in [5.41, 5.74) is 4.48. The molecular weight excluding hydrogens is 358 g/mol. The molecule has 27 heavy (non-hydrogen) atoms. The molecule has 0 spiro atoms. The van der Waals surface area contributed by atoms with Gasteiger partial charge in [-0.2, -0.15) is 0 Å². The van der Waals surface area contributed by atoms with Gasteiger partial charge >= 0.3 is 0 Å². The molecular formula is C22H30ClN3O+2. The number of carbonyl (C=O) groups excluding carboxylic acids is 1. The van der Waals surface area contributed by atoms with Gasteiger partial charge in [-0.25, -0.2) is 0 Å². The van der Waals surface area contributed by atoms with Gasteiger partial charge in [0.2, 0.25) is 0 Å². The number of hydrogen-bond acceptors (Lipinski definition) is 1. The van der Waals surface area contributed by atoms with Crippen molar-refractivity contribution < 1.29 is 14.6 Å². The zero-order chi connectivity index (χ0) is 19.4. The average molecular weight is 388 g/mol. The lowest BCUT2D eigenvalue weighted by molar-refractivity contribution is -1.02. The zero-order valence-electron chi connectivity index (χ0n) is 16.4. The van der Waals surface area contributed by atoms with Gasteiger partial charge in [0.1, 0.15) is 32.2 Å². The lowest BCUT2D eigenvalue weighted by Gasteiger charge is -2.33. The summed E-state index contributed by atoms with van der Waals surface area (Å²) in [7, 11) is 0. The molecule has 2 aromatic rings. The maximum Gasteiger partial charge on any atom is 0.279 e. The Morgan fingerprint density at radius 1 is 1.07 bits per heavy atom. The highest BCUT2D eigenvalue weighted by atomic mass is 35.5. The third-order valence-electron chi connectivity index (χ3n) is 5.87. The molecule has 2 aromatic carbocycles. The van der Waals surface area contributed by atoms with Gasteiger partial charge in [0.25, 0.3) is 5.91 Å². The molecule has 0 aliphatic carbocycles. The summed E-state index contributed by atoms with van der Waals surface area (Å²) in [5, 5.41) is 3.93. The van der Waals surface area contributed by atoms with E-state index in [0.717, 1.165) is 42.5 Å². The van der Waals surface area contributed by atoms with Crippen LogP contribution in [-0.4, -0.2) is 38.6 Å². The Kier molecular flexibility index (Phi) is 6.53. The van der Waals surface area contributed by atoms with Crippen LogP contribution in [0.15, 0.2) is 42.5 Å². The molecule has 144 valence electrons. The van der Waals surface area contributed by atoms with Crippen molar-refractivity contribution >= 4 is 23.2 Å². The van der Waals surface area contributed by atoms with Gasteiger partial charge in [-0.1, -0.05) is 41.9 Å². The van der Waals surface area contributed by atoms with E-state index in [-0.39, 0.29) is 5.91 Å². The second-order valence-corrected chi connectivity index (χ2v) is 8.03. The summed E-state index contributed by atoms with van der Waals surface area (Å²) in [6, 6.07) is 14.5. The molecule has 1 saturated heterocycles. The highest BCUT2D eigenvalue weighted by molar-refractivity contribution is 6.31. The van der Waals surface area contributed by atoms with Crippen LogP contribution < -0.4 is 15.1 Å². The van der Waals surface area contributed by atoms with Gasteiger partial charge in [0.15, 0.2) is 6.54 Å². The van der Waals surface area contributed by atoms with E-state index < -0.39 is 0 Å². The Hall–Kier alpha value is -1.88. The molecule has 0 aromatic heterocycles. The van der Waals surface area contributed by atoms with Gasteiger partial charge < -0.3 is 15.1 Å². The molecule has 0 bridgehead atoms. The number of benzene rings is 2. The largest absolute Gasteiger partial charge is 0.321 e. The molecule has 0 radical (unpaired) electrons. The van der Waals surface area contributed by atoms with E-state index >= 15 is 0 Å². The van der Waals surface area contributed by atoms with Gasteiger partial charge in [-0.05, 0) is 44.0 Å². The molecule has 1 heterocycles. The van der Waals surface area contributed by atoms with Crippen molar-refractivity contribution in [2.75, 3.05) is 38.0 Å². The lowest BCUT2D eigenvalue weighted by atomic mass is 10.1. The molecule has 1 aliphatic rings. The summed E-state index contributed by atoms with van der Waals surface area (Å²) in [6.07, 6.45) is 0. The van der Waals surface area contributed by atoms with Crippen LogP contribution in [0.4, 0.5) is 5.69 Å². The highest BCUT2D eigenvalue weighted by Gasteiger charge is 2.29. The number of piperazine rings is 1. The van der Waals surface area contributed by atoms with Crippen LogP contribution in [0.5, 0.6) is 0 Å². The highest BCUT2D eigenvalue weighted by Crippen LogP contribution is 2.20. The first kappa shape index (κ1) is 19.9. The number of hydrogen-bond donors (Lipinski definition) is 3. The van der Waals surface area contributed by atoms with Crippen molar-refractivity contribution in [3.05, 3.63) is 64.2 Å². The fourth-order valence-corrected chi connectivity index (χ4v) is 4.19. The predicted octanol–water partition coefficient (Wildman–Crippen LogP) is 1.44. The zero-order valence-corrected chi connectivity index (χ0v) is 17.2. The van der Waals surface area contributed by atoms with Crippen molar-refractivity contribution in [1.82, 2.24) is 0 Å². The Bertz CT molecular complexity index is 800. The molecule has 4 nitrogen and oxygen atoms in total. The van der Waals surface area contributed by atoms with Gasteiger partial charge in [-0.15, -0.1) is 0 Å². The van der Waals surface area contributed by atoms with Crippen LogP contribution in [0, 0.1) is 13.8 Å². The number of carbonyl (C=O) groups is 1. The van der Waals surface area contributed by atoms with Crippen molar-refractivity contribution in [1.29, 1.82) is 0 Å². The molecule has 3 N–H and O–H groups in total. The van der Waals surface area contributed by atoms with E-state index in [4.69, 9.17) is 11.6 Å². The first-order valence-electron chi connectivity index (χ1n) is 9.74. The van der Waals surface area contributed by atoms with E-state index in [1.165, 1.54) is 16.0 Å². The second-order valence-electron chi connectivity index (χ2n) is 7.62. The number of anilines is 1. The normalized spacial score (nSPS) is 20.9. The summed E-state index contributed by atoms with van der Waals surface area (Å²) >= 11 is 6.37. The fraction of sp³-hybridized carbons (Fsp3) is 0.409. The molecule has 0 saturated carbocycles. The third kappa shape index (κ3) is 4.89. The molecule has 1 amide bonds. The average Bonchev–Trinajstić information content (AvgIpc) is 2.66. The molecule has 1 atom stereocenters. The van der Waals surface area contributed by atoms with Crippen molar-refractivity contribution in [2.45, 2.75) is 26.8 Å². The van der Waals surface area contributed by atoms with Gasteiger partial charge in [0, 0.05) is 16.3 Å². The van der Waals surface area contributed by atoms with Crippen molar-refractivity contribution in [2.24, 2.45) is 0 Å². The van der Waals surface area contributed by atoms with Crippen molar-refractivity contribution in [3.8, 4) is 0 Å². The molecule has 1 fully saturated rings. The minimum absolute atomic E-state index is 0.0984. The number of quaternary nitrogens is 2. The SMILES string of the molecule is Cc1cccc(NC(=O)C[NH+]2CC[NH+]([C@H](C)c3ccccc3Cl)CC2)c1C. The monoisotopic (exact) mass is 387 g/mol. The van der Waals surface area contributed by atoms with Crippen LogP contribution in [-0.2, 0) is 4.79 Å². The second kappa shape index (κ2) is 8.87. The quantitative estimate of drug-likeness (QED) is 0.713. The predicted molar refractivity (Wildman–Crippen MR) is 111 cm³/mol. The van der Waals surface area contributed by atoms with E-state index in [1.54, 1.807) is 4.90 Å². The molecule has 0 unspecified atom stereocenters. The Morgan fingerprint density at radius 2 is 1.78 bits per heavy atom. The van der Waals surface area contributed by atoms with Crippen LogP contribution in [0.25, 0.3) is 0 Å². The first-order valence-corrected chi connectivity index (χ1v) is 10.1. The van der Waals surface area contributed by atoms with E-state index in [9.17, 15) is 4.79 Å². The summed E-state index contributed by atoms with van der Waals surface area (Å²) in [5.74, 6) is 0.0984. The lowest BCUT2D eigenvalue weighted by Crippen LogP contribution is -3.28. The minimum atomic E-state index is 0.0984. The smallest absolute Gasteiger partial charge is 0.279 e. The van der Waals surface area contributed by atoms with E-state index in [1.807, 2.05) is 24.3 Å². The number of amides is 1. The molecule has 1 aliphatic heterocycles. The van der Waals surface area contributed by atoms with Crippen LogP contribution in [0.3, 0.4) is 0 Å². The number of halogens is 1. The number of rotatable bonds is 5. The van der Waals surface area contributed by atoms with E-state index in [0.29, 0.717) is 12.6 Å². The maximum atomic E-state index is 12.5. The maximum absolute atomic E-state index is 12.5. The summed E-state index contributed by atoms with van der Waals surface area (Å²) in [4.78, 5) is 15.4. The molecule has 5 heteroatoms. The Labute approximate surface area is 167 Å². The van der Waals surface area contributed by atoms with E-state index in [2.05, 4.69) is 44.3 Å².